The fourth-order valence-electron chi connectivity index (χ4n) is 1.82. The predicted octanol–water partition coefficient (Wildman–Crippen LogP) is -0.594. The minimum absolute atomic E-state index is 0.469. The summed E-state index contributed by atoms with van der Waals surface area (Å²) in [6, 6.07) is 0. The van der Waals surface area contributed by atoms with Crippen LogP contribution in [0.4, 0.5) is 0 Å². The van der Waals surface area contributed by atoms with Crippen molar-refractivity contribution in [1.82, 2.24) is 4.90 Å². The number of rotatable bonds is 2. The smallest absolute Gasteiger partial charge is 0.344 e. The number of carbonyl (C=O) groups excluding carboxylic acids is 4. The normalized spacial score (nSPS) is 17.3. The third kappa shape index (κ3) is 1.99. The monoisotopic (exact) mass is 255 g/mol. The summed E-state index contributed by atoms with van der Waals surface area (Å²) in [6.07, 6.45) is 1.70. The molecule has 1 heterocycles. The van der Waals surface area contributed by atoms with Gasteiger partial charge in [0.1, 0.15) is 0 Å². The molecule has 0 saturated heterocycles. The van der Waals surface area contributed by atoms with Crippen LogP contribution in [0.1, 0.15) is 13.3 Å². The lowest BCUT2D eigenvalue weighted by Crippen LogP contribution is -2.62. The summed E-state index contributed by atoms with van der Waals surface area (Å²) in [5.41, 5.74) is -2.07. The van der Waals surface area contributed by atoms with E-state index in [9.17, 15) is 19.2 Å². The van der Waals surface area contributed by atoms with Gasteiger partial charge in [-0.3, -0.25) is 14.5 Å². The van der Waals surface area contributed by atoms with Gasteiger partial charge < -0.3 is 9.47 Å². The van der Waals surface area contributed by atoms with Crippen LogP contribution in [-0.2, 0) is 28.7 Å². The van der Waals surface area contributed by atoms with Gasteiger partial charge in [-0.15, -0.1) is 0 Å². The molecule has 1 rings (SSSR count). The molecule has 0 radical (unpaired) electrons. The van der Waals surface area contributed by atoms with Crippen LogP contribution in [-0.4, -0.2) is 48.3 Å². The Morgan fingerprint density at radius 1 is 1.22 bits per heavy atom. The van der Waals surface area contributed by atoms with Crippen LogP contribution < -0.4 is 0 Å². The second kappa shape index (κ2) is 4.99. The Morgan fingerprint density at radius 3 is 2.11 bits per heavy atom. The number of amides is 1. The average molecular weight is 255 g/mol. The number of allylic oxidation sites excluding steroid dienone is 1. The molecule has 0 aromatic rings. The lowest BCUT2D eigenvalue weighted by atomic mass is 9.88. The molecule has 0 atom stereocenters. The summed E-state index contributed by atoms with van der Waals surface area (Å²) in [4.78, 5) is 47.5. The van der Waals surface area contributed by atoms with E-state index in [0.29, 0.717) is 0 Å². The zero-order valence-electron chi connectivity index (χ0n) is 10.3. The summed E-state index contributed by atoms with van der Waals surface area (Å²) < 4.78 is 9.05. The number of ether oxygens (including phenoxy) is 2. The molecule has 0 fully saturated rings. The standard InChI is InChI=1S/C11H13NO6/c1-7(13)12-5-4-8(14)6-11(12,9(15)17-2)10(16)18-3/h4-5H,6H2,1-3H3. The van der Waals surface area contributed by atoms with Crippen molar-refractivity contribution in [1.29, 1.82) is 0 Å². The lowest BCUT2D eigenvalue weighted by molar-refractivity contribution is -0.175. The van der Waals surface area contributed by atoms with Gasteiger partial charge in [0.15, 0.2) is 5.78 Å². The van der Waals surface area contributed by atoms with Crippen molar-refractivity contribution in [3.63, 3.8) is 0 Å². The summed E-state index contributed by atoms with van der Waals surface area (Å²) >= 11 is 0. The molecule has 0 saturated carbocycles. The molecule has 0 unspecified atom stereocenters. The number of hydrogen-bond donors (Lipinski definition) is 0. The van der Waals surface area contributed by atoms with Crippen LogP contribution in [0.5, 0.6) is 0 Å². The van der Waals surface area contributed by atoms with E-state index in [4.69, 9.17) is 0 Å². The van der Waals surface area contributed by atoms with Crippen molar-refractivity contribution >= 4 is 23.6 Å². The molecular formula is C11H13NO6. The highest BCUT2D eigenvalue weighted by molar-refractivity contribution is 6.13. The Morgan fingerprint density at radius 2 is 1.72 bits per heavy atom. The Kier molecular flexibility index (Phi) is 3.85. The molecule has 1 aliphatic heterocycles. The van der Waals surface area contributed by atoms with Crippen LogP contribution >= 0.6 is 0 Å². The zero-order valence-corrected chi connectivity index (χ0v) is 10.3. The first-order valence-corrected chi connectivity index (χ1v) is 5.08. The van der Waals surface area contributed by atoms with E-state index >= 15 is 0 Å². The Hall–Kier alpha value is -2.18. The first-order chi connectivity index (χ1) is 8.40. The summed E-state index contributed by atoms with van der Waals surface area (Å²) in [6.45, 7) is 1.17. The molecule has 98 valence electrons. The fourth-order valence-corrected chi connectivity index (χ4v) is 1.82. The molecule has 0 aromatic heterocycles. The molecule has 0 spiro atoms. The third-order valence-electron chi connectivity index (χ3n) is 2.64. The highest BCUT2D eigenvalue weighted by Gasteiger charge is 2.56. The van der Waals surface area contributed by atoms with Crippen LogP contribution in [0.15, 0.2) is 12.3 Å². The van der Waals surface area contributed by atoms with E-state index in [-0.39, 0.29) is 0 Å². The van der Waals surface area contributed by atoms with E-state index < -0.39 is 35.6 Å². The van der Waals surface area contributed by atoms with Crippen molar-refractivity contribution < 1.29 is 28.7 Å². The topological polar surface area (TPSA) is 90.0 Å². The zero-order chi connectivity index (χ0) is 13.9. The van der Waals surface area contributed by atoms with Gasteiger partial charge in [-0.2, -0.15) is 0 Å². The lowest BCUT2D eigenvalue weighted by Gasteiger charge is -2.37. The highest BCUT2D eigenvalue weighted by Crippen LogP contribution is 2.28. The van der Waals surface area contributed by atoms with Gasteiger partial charge in [0.05, 0.1) is 20.6 Å². The first kappa shape index (κ1) is 13.9. The molecule has 7 heteroatoms. The predicted molar refractivity (Wildman–Crippen MR) is 58.0 cm³/mol. The van der Waals surface area contributed by atoms with Crippen molar-refractivity contribution in [2.24, 2.45) is 0 Å². The van der Waals surface area contributed by atoms with Crippen LogP contribution in [0, 0.1) is 0 Å². The fraction of sp³-hybridized carbons (Fsp3) is 0.455. The molecule has 0 bridgehead atoms. The van der Waals surface area contributed by atoms with E-state index in [1.54, 1.807) is 0 Å². The Balaban J connectivity index is 3.41. The molecule has 18 heavy (non-hydrogen) atoms. The molecule has 1 amide bonds. The second-order valence-electron chi connectivity index (χ2n) is 3.69. The maximum atomic E-state index is 11.8. The number of methoxy groups -OCH3 is 2. The van der Waals surface area contributed by atoms with Gasteiger partial charge in [-0.05, 0) is 6.08 Å². The average Bonchev–Trinajstić information content (AvgIpc) is 2.35. The third-order valence-corrected chi connectivity index (χ3v) is 2.64. The number of carbonyl (C=O) groups is 4. The molecular weight excluding hydrogens is 242 g/mol. The maximum absolute atomic E-state index is 11.8. The van der Waals surface area contributed by atoms with E-state index in [1.165, 1.54) is 6.92 Å². The van der Waals surface area contributed by atoms with E-state index in [2.05, 4.69) is 9.47 Å². The number of esters is 2. The quantitative estimate of drug-likeness (QED) is 0.483. The van der Waals surface area contributed by atoms with Gasteiger partial charge in [0, 0.05) is 13.1 Å². The van der Waals surface area contributed by atoms with Gasteiger partial charge in [0.2, 0.25) is 11.4 Å². The molecule has 0 aromatic carbocycles. The Bertz CT molecular complexity index is 423. The van der Waals surface area contributed by atoms with Crippen LogP contribution in [0.3, 0.4) is 0 Å². The van der Waals surface area contributed by atoms with Crippen LogP contribution in [0.2, 0.25) is 0 Å². The molecule has 1 aliphatic rings. The minimum Gasteiger partial charge on any atom is -0.467 e. The van der Waals surface area contributed by atoms with Crippen molar-refractivity contribution in [2.45, 2.75) is 18.9 Å². The maximum Gasteiger partial charge on any atom is 0.344 e. The van der Waals surface area contributed by atoms with Crippen LogP contribution in [0.25, 0.3) is 0 Å². The number of ketones is 1. The van der Waals surface area contributed by atoms with Crippen molar-refractivity contribution in [3.05, 3.63) is 12.3 Å². The second-order valence-corrected chi connectivity index (χ2v) is 3.69. The summed E-state index contributed by atoms with van der Waals surface area (Å²) in [7, 11) is 2.13. The van der Waals surface area contributed by atoms with Gasteiger partial charge in [-0.1, -0.05) is 0 Å². The number of hydrogen-bond acceptors (Lipinski definition) is 6. The highest BCUT2D eigenvalue weighted by atomic mass is 16.5. The van der Waals surface area contributed by atoms with Crippen molar-refractivity contribution in [2.75, 3.05) is 14.2 Å². The van der Waals surface area contributed by atoms with Gasteiger partial charge in [-0.25, -0.2) is 9.59 Å². The largest absolute Gasteiger partial charge is 0.467 e. The van der Waals surface area contributed by atoms with E-state index in [0.717, 1.165) is 31.4 Å². The minimum atomic E-state index is -2.07. The van der Waals surface area contributed by atoms with Gasteiger partial charge in [0.25, 0.3) is 0 Å². The number of nitrogens with zero attached hydrogens (tertiary/aromatic N) is 1. The Labute approximate surface area is 103 Å². The SMILES string of the molecule is COC(=O)C1(C(=O)OC)CC(=O)C=CN1C(C)=O. The summed E-state index contributed by atoms with van der Waals surface area (Å²) in [5, 5.41) is 0. The summed E-state index contributed by atoms with van der Waals surface area (Å²) in [5.74, 6) is -3.07. The van der Waals surface area contributed by atoms with E-state index in [1.807, 2.05) is 0 Å². The molecule has 0 aliphatic carbocycles. The van der Waals surface area contributed by atoms with Gasteiger partial charge >= 0.3 is 11.9 Å². The molecule has 0 N–H and O–H groups in total. The first-order valence-electron chi connectivity index (χ1n) is 5.08. The molecule has 7 nitrogen and oxygen atoms in total. The van der Waals surface area contributed by atoms with Crippen molar-refractivity contribution in [3.8, 4) is 0 Å².